The van der Waals surface area contributed by atoms with Crippen LogP contribution in [0.15, 0.2) is 30.3 Å². The molecule has 1 atom stereocenters. The van der Waals surface area contributed by atoms with Crippen LogP contribution in [-0.2, 0) is 11.2 Å². The summed E-state index contributed by atoms with van der Waals surface area (Å²) in [5.74, 6) is 2.35. The molecule has 7 nitrogen and oxygen atoms in total. The topological polar surface area (TPSA) is 89.8 Å². The Balaban J connectivity index is 1.54. The Morgan fingerprint density at radius 2 is 2.07 bits per heavy atom. The summed E-state index contributed by atoms with van der Waals surface area (Å²) in [7, 11) is 1.52. The highest BCUT2D eigenvalue weighted by Gasteiger charge is 2.22. The van der Waals surface area contributed by atoms with Crippen LogP contribution in [-0.4, -0.2) is 32.3 Å². The number of methoxy groups -OCH3 is 1. The van der Waals surface area contributed by atoms with Crippen molar-refractivity contribution in [1.82, 2.24) is 0 Å². The number of benzene rings is 2. The first-order valence-electron chi connectivity index (χ1n) is 10.0. The van der Waals surface area contributed by atoms with E-state index in [1.54, 1.807) is 18.2 Å². The number of carbonyl (C=O) groups excluding carboxylic acids is 1. The minimum absolute atomic E-state index is 0.122. The molecular formula is C23H26N2O5. The average Bonchev–Trinajstić information content (AvgIpc) is 3.10. The van der Waals surface area contributed by atoms with Gasteiger partial charge in [0.1, 0.15) is 17.6 Å². The second kappa shape index (κ2) is 9.88. The Labute approximate surface area is 176 Å². The van der Waals surface area contributed by atoms with Crippen LogP contribution < -0.4 is 24.3 Å². The van der Waals surface area contributed by atoms with Crippen molar-refractivity contribution in [2.45, 2.75) is 39.2 Å². The second-order valence-electron chi connectivity index (χ2n) is 7.00. The summed E-state index contributed by atoms with van der Waals surface area (Å²) < 4.78 is 22.4. The molecule has 1 unspecified atom stereocenters. The summed E-state index contributed by atoms with van der Waals surface area (Å²) in [6.07, 6.45) is 1.77. The lowest BCUT2D eigenvalue weighted by molar-refractivity contribution is -0.116. The Kier molecular flexibility index (Phi) is 7.02. The third-order valence-corrected chi connectivity index (χ3v) is 4.67. The van der Waals surface area contributed by atoms with E-state index in [0.29, 0.717) is 54.6 Å². The maximum atomic E-state index is 12.4. The van der Waals surface area contributed by atoms with Crippen molar-refractivity contribution in [3.63, 3.8) is 0 Å². The molecule has 1 aliphatic rings. The van der Waals surface area contributed by atoms with Gasteiger partial charge in [-0.15, -0.1) is 0 Å². The van der Waals surface area contributed by atoms with E-state index in [-0.39, 0.29) is 12.0 Å². The minimum Gasteiger partial charge on any atom is -0.493 e. The monoisotopic (exact) mass is 410 g/mol. The van der Waals surface area contributed by atoms with E-state index in [1.165, 1.54) is 7.11 Å². The van der Waals surface area contributed by atoms with E-state index in [9.17, 15) is 4.79 Å². The molecule has 158 valence electrons. The standard InChI is InChI=1S/C23H26N2O5/c1-4-28-21-12-17-10-15(2)30-20(17)13-18(21)25-23(26)6-5-9-29-19-8-7-16(14-24)11-22(19)27-3/h7-8,11-13,15H,4-6,9-10H2,1-3H3,(H,25,26). The van der Waals surface area contributed by atoms with Gasteiger partial charge in [-0.2, -0.15) is 5.26 Å². The number of hydrogen-bond donors (Lipinski definition) is 1. The van der Waals surface area contributed by atoms with E-state index in [1.807, 2.05) is 26.0 Å². The van der Waals surface area contributed by atoms with Crippen LogP contribution >= 0.6 is 0 Å². The molecule has 0 radical (unpaired) electrons. The highest BCUT2D eigenvalue weighted by Crippen LogP contribution is 2.38. The number of ether oxygens (including phenoxy) is 4. The van der Waals surface area contributed by atoms with Gasteiger partial charge in [-0.3, -0.25) is 4.79 Å². The SMILES string of the molecule is CCOc1cc2c(cc1NC(=O)CCCOc1ccc(C#N)cc1OC)OC(C)C2. The Bertz CT molecular complexity index is 951. The minimum atomic E-state index is -0.127. The molecule has 0 fully saturated rings. The van der Waals surface area contributed by atoms with Gasteiger partial charge in [0.05, 0.1) is 37.6 Å². The summed E-state index contributed by atoms with van der Waals surface area (Å²) in [5, 5.41) is 11.9. The van der Waals surface area contributed by atoms with E-state index in [0.717, 1.165) is 17.7 Å². The van der Waals surface area contributed by atoms with Gasteiger partial charge in [0.2, 0.25) is 5.91 Å². The van der Waals surface area contributed by atoms with Crippen molar-refractivity contribution >= 4 is 11.6 Å². The molecule has 0 aliphatic carbocycles. The van der Waals surface area contributed by atoms with Gasteiger partial charge in [-0.25, -0.2) is 0 Å². The van der Waals surface area contributed by atoms with Crippen molar-refractivity contribution < 1.29 is 23.7 Å². The van der Waals surface area contributed by atoms with Crippen molar-refractivity contribution in [3.8, 4) is 29.1 Å². The molecule has 3 rings (SSSR count). The number of hydrogen-bond acceptors (Lipinski definition) is 6. The molecule has 0 aromatic heterocycles. The van der Waals surface area contributed by atoms with Gasteiger partial charge in [-0.05, 0) is 38.5 Å². The van der Waals surface area contributed by atoms with E-state index in [2.05, 4.69) is 11.4 Å². The largest absolute Gasteiger partial charge is 0.493 e. The fourth-order valence-electron chi connectivity index (χ4n) is 3.30. The van der Waals surface area contributed by atoms with Gasteiger partial charge < -0.3 is 24.3 Å². The molecule has 1 amide bonds. The first-order valence-corrected chi connectivity index (χ1v) is 10.0. The molecule has 1 aliphatic heterocycles. The van der Waals surface area contributed by atoms with Gasteiger partial charge in [0.25, 0.3) is 0 Å². The Hall–Kier alpha value is -3.40. The van der Waals surface area contributed by atoms with Gasteiger partial charge in [0.15, 0.2) is 11.5 Å². The Morgan fingerprint density at radius 3 is 2.80 bits per heavy atom. The van der Waals surface area contributed by atoms with Crippen LogP contribution in [0.1, 0.15) is 37.8 Å². The fraction of sp³-hybridized carbons (Fsp3) is 0.391. The van der Waals surface area contributed by atoms with Crippen molar-refractivity contribution in [2.75, 3.05) is 25.6 Å². The van der Waals surface area contributed by atoms with Crippen molar-refractivity contribution in [3.05, 3.63) is 41.5 Å². The molecule has 2 aromatic rings. The molecule has 1 heterocycles. The molecule has 0 saturated heterocycles. The molecule has 1 N–H and O–H groups in total. The number of fused-ring (bicyclic) bond motifs is 1. The van der Waals surface area contributed by atoms with Gasteiger partial charge in [0, 0.05) is 30.5 Å². The maximum Gasteiger partial charge on any atom is 0.224 e. The summed E-state index contributed by atoms with van der Waals surface area (Å²) in [6, 6.07) is 10.8. The lowest BCUT2D eigenvalue weighted by atomic mass is 10.1. The highest BCUT2D eigenvalue weighted by molar-refractivity contribution is 5.92. The van der Waals surface area contributed by atoms with Crippen molar-refractivity contribution in [1.29, 1.82) is 5.26 Å². The summed E-state index contributed by atoms with van der Waals surface area (Å²) in [6.45, 7) is 4.78. The van der Waals surface area contributed by atoms with Gasteiger partial charge in [-0.1, -0.05) is 0 Å². The highest BCUT2D eigenvalue weighted by atomic mass is 16.5. The normalized spacial score (nSPS) is 14.3. The number of amides is 1. The number of nitrogens with zero attached hydrogens (tertiary/aromatic N) is 1. The third-order valence-electron chi connectivity index (χ3n) is 4.67. The van der Waals surface area contributed by atoms with Crippen LogP contribution in [0.2, 0.25) is 0 Å². The molecule has 0 bridgehead atoms. The predicted molar refractivity (Wildman–Crippen MR) is 112 cm³/mol. The first-order chi connectivity index (χ1) is 14.5. The lowest BCUT2D eigenvalue weighted by Crippen LogP contribution is -2.14. The average molecular weight is 410 g/mol. The van der Waals surface area contributed by atoms with Crippen LogP contribution in [0.3, 0.4) is 0 Å². The number of carbonyl (C=O) groups is 1. The molecular weight excluding hydrogens is 384 g/mol. The smallest absolute Gasteiger partial charge is 0.224 e. The predicted octanol–water partition coefficient (Wildman–Crippen LogP) is 4.09. The molecule has 30 heavy (non-hydrogen) atoms. The molecule has 0 saturated carbocycles. The summed E-state index contributed by atoms with van der Waals surface area (Å²) in [5.41, 5.74) is 2.20. The summed E-state index contributed by atoms with van der Waals surface area (Å²) in [4.78, 5) is 12.4. The maximum absolute atomic E-state index is 12.4. The van der Waals surface area contributed by atoms with E-state index >= 15 is 0 Å². The molecule has 7 heteroatoms. The number of nitrogens with one attached hydrogen (secondary N) is 1. The van der Waals surface area contributed by atoms with Crippen LogP contribution in [0, 0.1) is 11.3 Å². The third kappa shape index (κ3) is 5.15. The first kappa shape index (κ1) is 21.3. The second-order valence-corrected chi connectivity index (χ2v) is 7.00. The molecule has 2 aromatic carbocycles. The van der Waals surface area contributed by atoms with Gasteiger partial charge >= 0.3 is 0 Å². The zero-order chi connectivity index (χ0) is 21.5. The number of rotatable bonds is 9. The number of anilines is 1. The Morgan fingerprint density at radius 1 is 1.23 bits per heavy atom. The lowest BCUT2D eigenvalue weighted by Gasteiger charge is -2.14. The van der Waals surface area contributed by atoms with Crippen LogP contribution in [0.25, 0.3) is 0 Å². The fourth-order valence-corrected chi connectivity index (χ4v) is 3.30. The molecule has 0 spiro atoms. The zero-order valence-electron chi connectivity index (χ0n) is 17.5. The number of nitriles is 1. The van der Waals surface area contributed by atoms with Crippen LogP contribution in [0.4, 0.5) is 5.69 Å². The quantitative estimate of drug-likeness (QED) is 0.627. The van der Waals surface area contributed by atoms with Crippen LogP contribution in [0.5, 0.6) is 23.0 Å². The van der Waals surface area contributed by atoms with Crippen molar-refractivity contribution in [2.24, 2.45) is 0 Å². The zero-order valence-corrected chi connectivity index (χ0v) is 17.5. The van der Waals surface area contributed by atoms with E-state index < -0.39 is 0 Å². The van der Waals surface area contributed by atoms with E-state index in [4.69, 9.17) is 24.2 Å². The summed E-state index contributed by atoms with van der Waals surface area (Å²) >= 11 is 0.